The molecule has 0 fully saturated rings. The fourth-order valence-electron chi connectivity index (χ4n) is 2.54. The Balaban J connectivity index is 1.65. The number of rotatable bonds is 7. The Kier molecular flexibility index (Phi) is 6.38. The van der Waals surface area contributed by atoms with Crippen LogP contribution in [0.4, 0.5) is 10.8 Å². The van der Waals surface area contributed by atoms with Crippen LogP contribution in [-0.4, -0.2) is 35.0 Å². The maximum atomic E-state index is 12.4. The molecule has 0 saturated carbocycles. The highest BCUT2D eigenvalue weighted by Crippen LogP contribution is 2.27. The number of aromatic nitrogens is 1. The summed E-state index contributed by atoms with van der Waals surface area (Å²) in [6.07, 6.45) is -1.08. The third-order valence-corrected chi connectivity index (χ3v) is 4.82. The van der Waals surface area contributed by atoms with Gasteiger partial charge in [-0.3, -0.25) is 20.2 Å². The van der Waals surface area contributed by atoms with Gasteiger partial charge in [0, 0.05) is 23.1 Å². The van der Waals surface area contributed by atoms with Crippen molar-refractivity contribution >= 4 is 34.0 Å². The van der Waals surface area contributed by atoms with Gasteiger partial charge in [0.15, 0.2) is 11.2 Å². The van der Waals surface area contributed by atoms with E-state index in [0.29, 0.717) is 17.0 Å². The van der Waals surface area contributed by atoms with Crippen LogP contribution in [0.5, 0.6) is 5.75 Å². The second-order valence-electron chi connectivity index (χ2n) is 6.08. The number of esters is 1. The molecule has 0 aliphatic rings. The Labute approximate surface area is 175 Å². The number of anilines is 1. The SMILES string of the molecule is COc1ccccc1C(=O)OC(C)C(=O)Nc1nc(-c2cccc([N+](=O)[O-])c2)cs1. The standard InChI is InChI=1S/C20H17N3O6S/c1-12(29-19(25)15-8-3-4-9-17(15)28-2)18(24)22-20-21-16(11-30-20)13-6-5-7-14(10-13)23(26)27/h3-12H,1-2H3,(H,21,22,24). The number of para-hydroxylation sites is 1. The molecule has 3 rings (SSSR count). The van der Waals surface area contributed by atoms with Crippen LogP contribution in [0.1, 0.15) is 17.3 Å². The normalized spacial score (nSPS) is 11.4. The first-order chi connectivity index (χ1) is 14.4. The summed E-state index contributed by atoms with van der Waals surface area (Å²) in [6.45, 7) is 1.44. The van der Waals surface area contributed by atoms with E-state index in [1.165, 1.54) is 32.2 Å². The Morgan fingerprint density at radius 2 is 1.97 bits per heavy atom. The van der Waals surface area contributed by atoms with Crippen LogP contribution in [0.2, 0.25) is 0 Å². The molecule has 1 unspecified atom stereocenters. The van der Waals surface area contributed by atoms with Crippen LogP contribution in [0.15, 0.2) is 53.9 Å². The van der Waals surface area contributed by atoms with Gasteiger partial charge < -0.3 is 9.47 Å². The number of benzene rings is 2. The van der Waals surface area contributed by atoms with Crippen LogP contribution in [-0.2, 0) is 9.53 Å². The molecule has 1 atom stereocenters. The summed E-state index contributed by atoms with van der Waals surface area (Å²) in [7, 11) is 1.43. The molecule has 0 spiro atoms. The van der Waals surface area contributed by atoms with Crippen LogP contribution in [0.3, 0.4) is 0 Å². The van der Waals surface area contributed by atoms with Crippen LogP contribution in [0, 0.1) is 10.1 Å². The summed E-state index contributed by atoms with van der Waals surface area (Å²) in [5.74, 6) is -0.902. The molecule has 30 heavy (non-hydrogen) atoms. The smallest absolute Gasteiger partial charge is 0.342 e. The van der Waals surface area contributed by atoms with E-state index in [0.717, 1.165) is 11.3 Å². The summed E-state index contributed by atoms with van der Waals surface area (Å²) >= 11 is 1.15. The molecular weight excluding hydrogens is 410 g/mol. The molecule has 0 radical (unpaired) electrons. The van der Waals surface area contributed by atoms with Gasteiger partial charge in [0.1, 0.15) is 11.3 Å². The Hall–Kier alpha value is -3.79. The van der Waals surface area contributed by atoms with Gasteiger partial charge >= 0.3 is 5.97 Å². The number of nitro benzene ring substituents is 1. The first-order valence-electron chi connectivity index (χ1n) is 8.74. The molecule has 1 heterocycles. The average molecular weight is 427 g/mol. The van der Waals surface area contributed by atoms with E-state index >= 15 is 0 Å². The second-order valence-corrected chi connectivity index (χ2v) is 6.94. The summed E-state index contributed by atoms with van der Waals surface area (Å²) in [5.41, 5.74) is 1.19. The quantitative estimate of drug-likeness (QED) is 0.345. The number of nitro groups is 1. The topological polar surface area (TPSA) is 121 Å². The lowest BCUT2D eigenvalue weighted by Crippen LogP contribution is -2.30. The highest BCUT2D eigenvalue weighted by molar-refractivity contribution is 7.14. The molecular formula is C20H17N3O6S. The predicted octanol–water partition coefficient (Wildman–Crippen LogP) is 3.91. The van der Waals surface area contributed by atoms with Gasteiger partial charge in [-0.15, -0.1) is 11.3 Å². The number of nitrogens with one attached hydrogen (secondary N) is 1. The van der Waals surface area contributed by atoms with Crippen molar-refractivity contribution in [3.8, 4) is 17.0 Å². The van der Waals surface area contributed by atoms with E-state index in [9.17, 15) is 19.7 Å². The van der Waals surface area contributed by atoms with Crippen LogP contribution in [0.25, 0.3) is 11.3 Å². The first-order valence-corrected chi connectivity index (χ1v) is 9.62. The number of thiazole rings is 1. The zero-order chi connectivity index (χ0) is 21.7. The molecule has 9 nitrogen and oxygen atoms in total. The fourth-order valence-corrected chi connectivity index (χ4v) is 3.26. The van der Waals surface area contributed by atoms with Crippen molar-refractivity contribution in [2.75, 3.05) is 12.4 Å². The van der Waals surface area contributed by atoms with Gasteiger partial charge in [0.2, 0.25) is 0 Å². The number of nitrogens with zero attached hydrogens (tertiary/aromatic N) is 2. The molecule has 2 aromatic carbocycles. The highest BCUT2D eigenvalue weighted by Gasteiger charge is 2.22. The van der Waals surface area contributed by atoms with Crippen molar-refractivity contribution in [3.63, 3.8) is 0 Å². The summed E-state index contributed by atoms with van der Waals surface area (Å²) in [5, 5.41) is 15.4. The lowest BCUT2D eigenvalue weighted by atomic mass is 10.1. The zero-order valence-corrected chi connectivity index (χ0v) is 16.8. The van der Waals surface area contributed by atoms with E-state index in [1.54, 1.807) is 35.7 Å². The van der Waals surface area contributed by atoms with E-state index in [-0.39, 0.29) is 16.4 Å². The predicted molar refractivity (Wildman–Crippen MR) is 111 cm³/mol. The van der Waals surface area contributed by atoms with Gasteiger partial charge in [0.25, 0.3) is 11.6 Å². The number of methoxy groups -OCH3 is 1. The van der Waals surface area contributed by atoms with E-state index in [4.69, 9.17) is 9.47 Å². The van der Waals surface area contributed by atoms with Crippen molar-refractivity contribution in [2.24, 2.45) is 0 Å². The molecule has 0 aliphatic carbocycles. The minimum atomic E-state index is -1.08. The molecule has 10 heteroatoms. The molecule has 0 bridgehead atoms. The third-order valence-electron chi connectivity index (χ3n) is 4.07. The zero-order valence-electron chi connectivity index (χ0n) is 16.0. The molecule has 1 amide bonds. The Morgan fingerprint density at radius 3 is 2.70 bits per heavy atom. The minimum Gasteiger partial charge on any atom is -0.496 e. The summed E-state index contributed by atoms with van der Waals surface area (Å²) in [4.78, 5) is 39.4. The van der Waals surface area contributed by atoms with Crippen molar-refractivity contribution in [1.82, 2.24) is 4.98 Å². The number of carbonyl (C=O) groups is 2. The second kappa shape index (κ2) is 9.14. The van der Waals surface area contributed by atoms with Gasteiger partial charge in [-0.25, -0.2) is 9.78 Å². The lowest BCUT2D eigenvalue weighted by molar-refractivity contribution is -0.384. The first kappa shape index (κ1) is 20.9. The maximum Gasteiger partial charge on any atom is 0.342 e. The van der Waals surface area contributed by atoms with Crippen molar-refractivity contribution in [3.05, 3.63) is 69.6 Å². The highest BCUT2D eigenvalue weighted by atomic mass is 32.1. The van der Waals surface area contributed by atoms with Gasteiger partial charge in [-0.1, -0.05) is 24.3 Å². The molecule has 154 valence electrons. The van der Waals surface area contributed by atoms with Crippen molar-refractivity contribution in [2.45, 2.75) is 13.0 Å². The lowest BCUT2D eigenvalue weighted by Gasteiger charge is -2.13. The Bertz CT molecular complexity index is 1100. The molecule has 1 N–H and O–H groups in total. The monoisotopic (exact) mass is 427 g/mol. The third kappa shape index (κ3) is 4.78. The number of non-ortho nitro benzene ring substituents is 1. The minimum absolute atomic E-state index is 0.0528. The van der Waals surface area contributed by atoms with Gasteiger partial charge in [0.05, 0.1) is 17.7 Å². The average Bonchev–Trinajstić information content (AvgIpc) is 3.22. The van der Waals surface area contributed by atoms with E-state index in [1.807, 2.05) is 0 Å². The van der Waals surface area contributed by atoms with Crippen molar-refractivity contribution in [1.29, 1.82) is 0 Å². The number of hydrogen-bond acceptors (Lipinski definition) is 8. The van der Waals surface area contributed by atoms with Gasteiger partial charge in [-0.05, 0) is 19.1 Å². The maximum absolute atomic E-state index is 12.4. The summed E-state index contributed by atoms with van der Waals surface area (Å²) < 4.78 is 10.3. The molecule has 0 saturated heterocycles. The number of carbonyl (C=O) groups excluding carboxylic acids is 2. The molecule has 3 aromatic rings. The van der Waals surface area contributed by atoms with Gasteiger partial charge in [-0.2, -0.15) is 0 Å². The van der Waals surface area contributed by atoms with Crippen LogP contribution < -0.4 is 10.1 Å². The van der Waals surface area contributed by atoms with Crippen LogP contribution >= 0.6 is 11.3 Å². The molecule has 1 aromatic heterocycles. The summed E-state index contributed by atoms with van der Waals surface area (Å²) in [6, 6.07) is 12.6. The number of amides is 1. The largest absolute Gasteiger partial charge is 0.496 e. The van der Waals surface area contributed by atoms with Crippen molar-refractivity contribution < 1.29 is 24.0 Å². The fraction of sp³-hybridized carbons (Fsp3) is 0.150. The number of ether oxygens (including phenoxy) is 2. The van der Waals surface area contributed by atoms with E-state index < -0.39 is 22.9 Å². The van der Waals surface area contributed by atoms with E-state index in [2.05, 4.69) is 10.3 Å². The molecule has 0 aliphatic heterocycles. The Morgan fingerprint density at radius 1 is 1.20 bits per heavy atom. The number of hydrogen-bond donors (Lipinski definition) is 1.